The fourth-order valence-corrected chi connectivity index (χ4v) is 3.39. The lowest BCUT2D eigenvalue weighted by molar-refractivity contribution is 0.115. The van der Waals surface area contributed by atoms with Crippen LogP contribution in [-0.2, 0) is 0 Å². The number of carbonyl (C=O) groups is 1. The highest BCUT2D eigenvalue weighted by molar-refractivity contribution is 5.89. The fraction of sp³-hybridized carbons (Fsp3) is 0.529. The molecule has 1 aliphatic heterocycles. The molecular weight excluding hydrogens is 276 g/mol. The lowest BCUT2D eigenvalue weighted by Gasteiger charge is -2.38. The monoisotopic (exact) mass is 298 g/mol. The summed E-state index contributed by atoms with van der Waals surface area (Å²) in [4.78, 5) is 16.7. The first-order chi connectivity index (χ1) is 10.8. The Morgan fingerprint density at radius 1 is 1.09 bits per heavy atom. The Labute approximate surface area is 131 Å². The first kappa shape index (κ1) is 14.9. The molecule has 0 unspecified atom stereocenters. The second-order valence-electron chi connectivity index (χ2n) is 6.08. The predicted molar refractivity (Wildman–Crippen MR) is 85.6 cm³/mol. The van der Waals surface area contributed by atoms with Crippen LogP contribution in [0.15, 0.2) is 24.3 Å². The molecule has 2 amide bonds. The van der Waals surface area contributed by atoms with Crippen molar-refractivity contribution in [3.63, 3.8) is 0 Å². The molecule has 1 saturated carbocycles. The largest absolute Gasteiger partial charge is 0.322 e. The molecule has 1 N–H and O–H groups in total. The SMILES string of the molecule is N#Cc1ccc(NC(=O)N2CCN(C3CCCC3)CC2)cc1. The van der Waals surface area contributed by atoms with E-state index < -0.39 is 0 Å². The highest BCUT2D eigenvalue weighted by atomic mass is 16.2. The van der Waals surface area contributed by atoms with Crippen molar-refractivity contribution in [1.29, 1.82) is 5.26 Å². The molecule has 1 aromatic carbocycles. The quantitative estimate of drug-likeness (QED) is 0.913. The van der Waals surface area contributed by atoms with Gasteiger partial charge in [-0.1, -0.05) is 12.8 Å². The van der Waals surface area contributed by atoms with Gasteiger partial charge in [-0.25, -0.2) is 4.79 Å². The van der Waals surface area contributed by atoms with Gasteiger partial charge < -0.3 is 10.2 Å². The van der Waals surface area contributed by atoms with Crippen molar-refractivity contribution >= 4 is 11.7 Å². The summed E-state index contributed by atoms with van der Waals surface area (Å²) in [6, 6.07) is 9.74. The highest BCUT2D eigenvalue weighted by Gasteiger charge is 2.27. The van der Waals surface area contributed by atoms with E-state index >= 15 is 0 Å². The molecule has 5 heteroatoms. The van der Waals surface area contributed by atoms with Crippen molar-refractivity contribution < 1.29 is 4.79 Å². The van der Waals surface area contributed by atoms with Crippen molar-refractivity contribution in [2.45, 2.75) is 31.7 Å². The highest BCUT2D eigenvalue weighted by Crippen LogP contribution is 2.24. The molecule has 2 aliphatic rings. The molecule has 1 aliphatic carbocycles. The maximum Gasteiger partial charge on any atom is 0.321 e. The number of piperazine rings is 1. The normalized spacial score (nSPS) is 19.9. The number of anilines is 1. The molecule has 1 saturated heterocycles. The number of rotatable bonds is 2. The predicted octanol–water partition coefficient (Wildman–Crippen LogP) is 2.65. The van der Waals surface area contributed by atoms with Crippen LogP contribution < -0.4 is 5.32 Å². The average Bonchev–Trinajstić information content (AvgIpc) is 3.10. The Morgan fingerprint density at radius 3 is 2.32 bits per heavy atom. The van der Waals surface area contributed by atoms with Gasteiger partial charge in [-0.3, -0.25) is 4.90 Å². The molecule has 3 rings (SSSR count). The zero-order chi connectivity index (χ0) is 15.4. The maximum absolute atomic E-state index is 12.3. The lowest BCUT2D eigenvalue weighted by Crippen LogP contribution is -2.52. The van der Waals surface area contributed by atoms with Gasteiger partial charge in [-0.2, -0.15) is 5.26 Å². The molecule has 22 heavy (non-hydrogen) atoms. The second kappa shape index (κ2) is 6.80. The van der Waals surface area contributed by atoms with Gasteiger partial charge in [0.2, 0.25) is 0 Å². The molecule has 0 spiro atoms. The first-order valence-corrected chi connectivity index (χ1v) is 8.06. The van der Waals surface area contributed by atoms with E-state index in [1.54, 1.807) is 24.3 Å². The number of nitrogens with zero attached hydrogens (tertiary/aromatic N) is 3. The van der Waals surface area contributed by atoms with E-state index in [9.17, 15) is 4.79 Å². The van der Waals surface area contributed by atoms with E-state index in [1.165, 1.54) is 25.7 Å². The van der Waals surface area contributed by atoms with Crippen LogP contribution in [0.3, 0.4) is 0 Å². The Kier molecular flexibility index (Phi) is 4.59. The summed E-state index contributed by atoms with van der Waals surface area (Å²) in [6.07, 6.45) is 5.34. The fourth-order valence-electron chi connectivity index (χ4n) is 3.39. The Morgan fingerprint density at radius 2 is 1.73 bits per heavy atom. The van der Waals surface area contributed by atoms with Crippen molar-refractivity contribution in [2.24, 2.45) is 0 Å². The van der Waals surface area contributed by atoms with Gasteiger partial charge in [0.05, 0.1) is 11.6 Å². The second-order valence-corrected chi connectivity index (χ2v) is 6.08. The van der Waals surface area contributed by atoms with Crippen molar-refractivity contribution in [3.05, 3.63) is 29.8 Å². The zero-order valence-corrected chi connectivity index (χ0v) is 12.8. The smallest absolute Gasteiger partial charge is 0.321 e. The summed E-state index contributed by atoms with van der Waals surface area (Å²) >= 11 is 0. The van der Waals surface area contributed by atoms with Gasteiger partial charge in [0.15, 0.2) is 0 Å². The molecule has 0 radical (unpaired) electrons. The molecule has 1 aromatic rings. The lowest BCUT2D eigenvalue weighted by atomic mass is 10.2. The molecule has 5 nitrogen and oxygen atoms in total. The van der Waals surface area contributed by atoms with Crippen LogP contribution in [0.5, 0.6) is 0 Å². The van der Waals surface area contributed by atoms with E-state index in [4.69, 9.17) is 5.26 Å². The minimum atomic E-state index is -0.0456. The van der Waals surface area contributed by atoms with E-state index in [1.807, 2.05) is 4.90 Å². The average molecular weight is 298 g/mol. The van der Waals surface area contributed by atoms with Crippen LogP contribution in [0, 0.1) is 11.3 Å². The van der Waals surface area contributed by atoms with Gasteiger partial charge in [0.25, 0.3) is 0 Å². The summed E-state index contributed by atoms with van der Waals surface area (Å²) in [6.45, 7) is 3.54. The van der Waals surface area contributed by atoms with Gasteiger partial charge in [0, 0.05) is 37.9 Å². The van der Waals surface area contributed by atoms with Crippen LogP contribution in [0.25, 0.3) is 0 Å². The molecule has 0 aromatic heterocycles. The number of carbonyl (C=O) groups excluding carboxylic acids is 1. The molecule has 2 fully saturated rings. The standard InChI is InChI=1S/C17H22N4O/c18-13-14-5-7-15(8-6-14)19-17(22)21-11-9-20(10-12-21)16-3-1-2-4-16/h5-8,16H,1-4,9-12H2,(H,19,22). The number of hydrogen-bond acceptors (Lipinski definition) is 3. The van der Waals surface area contributed by atoms with Crippen LogP contribution in [0.1, 0.15) is 31.2 Å². The topological polar surface area (TPSA) is 59.4 Å². The maximum atomic E-state index is 12.3. The van der Waals surface area contributed by atoms with Crippen LogP contribution >= 0.6 is 0 Å². The Balaban J connectivity index is 1.50. The zero-order valence-electron chi connectivity index (χ0n) is 12.8. The van der Waals surface area contributed by atoms with Crippen molar-refractivity contribution in [2.75, 3.05) is 31.5 Å². The molecule has 0 atom stereocenters. The van der Waals surface area contributed by atoms with Crippen molar-refractivity contribution in [1.82, 2.24) is 9.80 Å². The number of amides is 2. The van der Waals surface area contributed by atoms with E-state index in [0.717, 1.165) is 37.9 Å². The number of urea groups is 1. The van der Waals surface area contributed by atoms with Gasteiger partial charge in [0.1, 0.15) is 0 Å². The van der Waals surface area contributed by atoms with Crippen LogP contribution in [-0.4, -0.2) is 48.1 Å². The third-order valence-electron chi connectivity index (χ3n) is 4.71. The number of benzene rings is 1. The van der Waals surface area contributed by atoms with Crippen LogP contribution in [0.2, 0.25) is 0 Å². The summed E-state index contributed by atoms with van der Waals surface area (Å²) < 4.78 is 0. The summed E-state index contributed by atoms with van der Waals surface area (Å²) in [7, 11) is 0. The van der Waals surface area contributed by atoms with Gasteiger partial charge in [-0.05, 0) is 37.1 Å². The molecule has 0 bridgehead atoms. The van der Waals surface area contributed by atoms with Gasteiger partial charge in [-0.15, -0.1) is 0 Å². The third-order valence-corrected chi connectivity index (χ3v) is 4.71. The summed E-state index contributed by atoms with van der Waals surface area (Å²) in [5, 5.41) is 11.7. The summed E-state index contributed by atoms with van der Waals surface area (Å²) in [5.74, 6) is 0. The van der Waals surface area contributed by atoms with E-state index in [2.05, 4.69) is 16.3 Å². The third kappa shape index (κ3) is 3.40. The molecular formula is C17H22N4O. The first-order valence-electron chi connectivity index (χ1n) is 8.06. The van der Waals surface area contributed by atoms with E-state index in [-0.39, 0.29) is 6.03 Å². The Hall–Kier alpha value is -2.06. The molecule has 1 heterocycles. The minimum Gasteiger partial charge on any atom is -0.322 e. The van der Waals surface area contributed by atoms with Crippen LogP contribution in [0.4, 0.5) is 10.5 Å². The van der Waals surface area contributed by atoms with E-state index in [0.29, 0.717) is 5.56 Å². The van der Waals surface area contributed by atoms with Crippen molar-refractivity contribution in [3.8, 4) is 6.07 Å². The number of nitrogens with one attached hydrogen (secondary N) is 1. The number of hydrogen-bond donors (Lipinski definition) is 1. The Bertz CT molecular complexity index is 549. The van der Waals surface area contributed by atoms with Gasteiger partial charge >= 0.3 is 6.03 Å². The molecule has 116 valence electrons. The minimum absolute atomic E-state index is 0.0456. The summed E-state index contributed by atoms with van der Waals surface area (Å²) in [5.41, 5.74) is 1.34. The number of nitriles is 1.